The van der Waals surface area contributed by atoms with Crippen molar-refractivity contribution in [2.75, 3.05) is 44.1 Å². The van der Waals surface area contributed by atoms with Gasteiger partial charge in [0.2, 0.25) is 15.9 Å². The Hall–Kier alpha value is -2.78. The summed E-state index contributed by atoms with van der Waals surface area (Å²) in [5, 5.41) is 2.65. The molecule has 0 fully saturated rings. The average Bonchev–Trinajstić information content (AvgIpc) is 2.66. The Bertz CT molecular complexity index is 927. The van der Waals surface area contributed by atoms with E-state index in [1.165, 1.54) is 18.2 Å². The van der Waals surface area contributed by atoms with E-state index in [4.69, 9.17) is 9.47 Å². The maximum atomic E-state index is 12.4. The van der Waals surface area contributed by atoms with Gasteiger partial charge in [0.1, 0.15) is 13.2 Å². The molecule has 8 nitrogen and oxygen atoms in total. The predicted octanol–water partition coefficient (Wildman–Crippen LogP) is 1.44. The maximum Gasteiger partial charge on any atom is 0.241 e. The van der Waals surface area contributed by atoms with Gasteiger partial charge < -0.3 is 19.7 Å². The van der Waals surface area contributed by atoms with E-state index in [-0.39, 0.29) is 11.4 Å². The number of nitrogens with zero attached hydrogens (tertiary/aromatic N) is 1. The summed E-state index contributed by atoms with van der Waals surface area (Å²) in [6, 6.07) is 11.5. The Kier molecular flexibility index (Phi) is 5.52. The van der Waals surface area contributed by atoms with Crippen molar-refractivity contribution in [3.63, 3.8) is 0 Å². The van der Waals surface area contributed by atoms with E-state index >= 15 is 0 Å². The molecule has 9 heteroatoms. The second-order valence-electron chi connectivity index (χ2n) is 6.12. The number of rotatable bonds is 6. The number of fused-ring (bicyclic) bond motifs is 1. The summed E-state index contributed by atoms with van der Waals surface area (Å²) in [7, 11) is -0.0183. The maximum absolute atomic E-state index is 12.4. The van der Waals surface area contributed by atoms with Crippen LogP contribution in [0.2, 0.25) is 0 Å². The molecule has 3 rings (SSSR count). The second-order valence-corrected chi connectivity index (χ2v) is 7.89. The zero-order chi connectivity index (χ0) is 19.4. The number of ether oxygens (including phenoxy) is 2. The van der Waals surface area contributed by atoms with E-state index in [2.05, 4.69) is 10.0 Å². The zero-order valence-electron chi connectivity index (χ0n) is 15.1. The summed E-state index contributed by atoms with van der Waals surface area (Å²) >= 11 is 0. The van der Waals surface area contributed by atoms with Crippen LogP contribution in [0.15, 0.2) is 47.4 Å². The molecule has 27 heavy (non-hydrogen) atoms. The van der Waals surface area contributed by atoms with E-state index in [0.29, 0.717) is 30.4 Å². The monoisotopic (exact) mass is 391 g/mol. The number of carbonyl (C=O) groups is 1. The molecule has 0 radical (unpaired) electrons. The molecule has 144 valence electrons. The Balaban J connectivity index is 1.60. The molecule has 0 unspecified atom stereocenters. The number of amides is 1. The molecule has 2 N–H and O–H groups in total. The third-order valence-corrected chi connectivity index (χ3v) is 5.31. The van der Waals surface area contributed by atoms with Crippen LogP contribution in [0.25, 0.3) is 0 Å². The molecule has 0 atom stereocenters. The lowest BCUT2D eigenvalue weighted by molar-refractivity contribution is -0.115. The van der Waals surface area contributed by atoms with Crippen molar-refractivity contribution >= 4 is 27.3 Å². The number of hydrogen-bond acceptors (Lipinski definition) is 6. The van der Waals surface area contributed by atoms with Crippen LogP contribution in [0.1, 0.15) is 0 Å². The lowest BCUT2D eigenvalue weighted by Crippen LogP contribution is -2.33. The zero-order valence-corrected chi connectivity index (χ0v) is 15.9. The number of anilines is 2. The second kappa shape index (κ2) is 7.85. The van der Waals surface area contributed by atoms with E-state index in [1.807, 2.05) is 31.1 Å². The molecule has 1 amide bonds. The molecule has 2 aromatic rings. The lowest BCUT2D eigenvalue weighted by Gasteiger charge is -2.18. The van der Waals surface area contributed by atoms with Gasteiger partial charge in [-0.25, -0.2) is 13.1 Å². The minimum atomic E-state index is -3.85. The fraction of sp³-hybridized carbons (Fsp3) is 0.278. The standard InChI is InChI=1S/C18H21N3O5S/c1-21(2)14-5-3-13(4-6-14)20-18(22)12-19-27(23,24)15-7-8-16-17(11-15)26-10-9-25-16/h3-8,11,19H,9-10,12H2,1-2H3,(H,20,22). The van der Waals surface area contributed by atoms with E-state index in [1.54, 1.807) is 12.1 Å². The summed E-state index contributed by atoms with van der Waals surface area (Å²) in [5.41, 5.74) is 1.58. The van der Waals surface area contributed by atoms with Gasteiger partial charge in [-0.15, -0.1) is 0 Å². The van der Waals surface area contributed by atoms with Gasteiger partial charge >= 0.3 is 0 Å². The first kappa shape index (κ1) is 19.0. The van der Waals surface area contributed by atoms with Crippen molar-refractivity contribution in [1.82, 2.24) is 4.72 Å². The fourth-order valence-electron chi connectivity index (χ4n) is 2.48. The van der Waals surface area contributed by atoms with Crippen molar-refractivity contribution in [3.8, 4) is 11.5 Å². The van der Waals surface area contributed by atoms with Crippen LogP contribution in [0.5, 0.6) is 11.5 Å². The minimum Gasteiger partial charge on any atom is -0.486 e. The van der Waals surface area contributed by atoms with Gasteiger partial charge in [-0.2, -0.15) is 0 Å². The molecule has 0 saturated carbocycles. The van der Waals surface area contributed by atoms with Crippen molar-refractivity contribution in [1.29, 1.82) is 0 Å². The first-order valence-electron chi connectivity index (χ1n) is 8.32. The molecule has 2 aromatic carbocycles. The highest BCUT2D eigenvalue weighted by Crippen LogP contribution is 2.32. The number of hydrogen-bond donors (Lipinski definition) is 2. The number of carbonyl (C=O) groups excluding carboxylic acids is 1. The van der Waals surface area contributed by atoms with Crippen molar-refractivity contribution < 1.29 is 22.7 Å². The molecule has 0 aliphatic carbocycles. The predicted molar refractivity (Wildman–Crippen MR) is 102 cm³/mol. The molecule has 0 spiro atoms. The van der Waals surface area contributed by atoms with Gasteiger partial charge in [-0.05, 0) is 36.4 Å². The summed E-state index contributed by atoms with van der Waals surface area (Å²) in [6.07, 6.45) is 0. The van der Waals surface area contributed by atoms with Gasteiger partial charge in [0, 0.05) is 31.5 Å². The van der Waals surface area contributed by atoms with Crippen LogP contribution in [0, 0.1) is 0 Å². The van der Waals surface area contributed by atoms with Crippen LogP contribution in [0.4, 0.5) is 11.4 Å². The minimum absolute atomic E-state index is 0.00915. The van der Waals surface area contributed by atoms with Crippen LogP contribution >= 0.6 is 0 Å². The first-order chi connectivity index (χ1) is 12.8. The molecule has 1 heterocycles. The molecular formula is C18H21N3O5S. The van der Waals surface area contributed by atoms with Gasteiger partial charge in [0.25, 0.3) is 0 Å². The largest absolute Gasteiger partial charge is 0.486 e. The molecule has 0 saturated heterocycles. The van der Waals surface area contributed by atoms with Crippen molar-refractivity contribution in [2.45, 2.75) is 4.90 Å². The smallest absolute Gasteiger partial charge is 0.241 e. The van der Waals surface area contributed by atoms with Crippen LogP contribution in [-0.2, 0) is 14.8 Å². The molecule has 1 aliphatic rings. The van der Waals surface area contributed by atoms with Crippen molar-refractivity contribution in [3.05, 3.63) is 42.5 Å². The highest BCUT2D eigenvalue weighted by atomic mass is 32.2. The van der Waals surface area contributed by atoms with Gasteiger partial charge in [-0.3, -0.25) is 4.79 Å². The highest BCUT2D eigenvalue weighted by molar-refractivity contribution is 7.89. The van der Waals surface area contributed by atoms with Crippen molar-refractivity contribution in [2.24, 2.45) is 0 Å². The Morgan fingerprint density at radius 2 is 1.70 bits per heavy atom. The highest BCUT2D eigenvalue weighted by Gasteiger charge is 2.20. The Morgan fingerprint density at radius 3 is 2.37 bits per heavy atom. The summed E-state index contributed by atoms with van der Waals surface area (Å²) < 4.78 is 37.9. The average molecular weight is 391 g/mol. The first-order valence-corrected chi connectivity index (χ1v) is 9.80. The van der Waals surface area contributed by atoms with Crippen LogP contribution in [0.3, 0.4) is 0 Å². The summed E-state index contributed by atoms with van der Waals surface area (Å²) in [6.45, 7) is 0.401. The van der Waals surface area contributed by atoms with Gasteiger partial charge in [0.05, 0.1) is 11.4 Å². The number of nitrogens with one attached hydrogen (secondary N) is 2. The quantitative estimate of drug-likeness (QED) is 0.774. The summed E-state index contributed by atoms with van der Waals surface area (Å²) in [4.78, 5) is 14.0. The molecular weight excluding hydrogens is 370 g/mol. The number of benzene rings is 2. The fourth-order valence-corrected chi connectivity index (χ4v) is 3.48. The van der Waals surface area contributed by atoms with Gasteiger partial charge in [0.15, 0.2) is 11.5 Å². The summed E-state index contributed by atoms with van der Waals surface area (Å²) in [5.74, 6) is 0.405. The van der Waals surface area contributed by atoms with Crippen LogP contribution < -0.4 is 24.4 Å². The Labute approximate surface area is 158 Å². The molecule has 0 bridgehead atoms. The number of sulfonamides is 1. The van der Waals surface area contributed by atoms with E-state index < -0.39 is 15.9 Å². The molecule has 1 aliphatic heterocycles. The Morgan fingerprint density at radius 1 is 1.04 bits per heavy atom. The normalized spacial score (nSPS) is 13.1. The topological polar surface area (TPSA) is 97.0 Å². The third-order valence-electron chi connectivity index (χ3n) is 3.91. The van der Waals surface area contributed by atoms with E-state index in [9.17, 15) is 13.2 Å². The lowest BCUT2D eigenvalue weighted by atomic mass is 10.2. The van der Waals surface area contributed by atoms with E-state index in [0.717, 1.165) is 5.69 Å². The molecule has 0 aromatic heterocycles. The SMILES string of the molecule is CN(C)c1ccc(NC(=O)CNS(=O)(=O)c2ccc3c(c2)OCCO3)cc1. The van der Waals surface area contributed by atoms with Crippen LogP contribution in [-0.4, -0.2) is 48.2 Å². The third kappa shape index (κ3) is 4.69. The van der Waals surface area contributed by atoms with Gasteiger partial charge in [-0.1, -0.05) is 0 Å².